The molecule has 3 aromatic carbocycles. The fourth-order valence-corrected chi connectivity index (χ4v) is 5.33. The number of hydrogen-bond acceptors (Lipinski definition) is 6. The van der Waals surface area contributed by atoms with Crippen LogP contribution in [0.15, 0.2) is 63.9 Å². The Hall–Kier alpha value is -3.69. The zero-order valence-electron chi connectivity index (χ0n) is 19.8. The van der Waals surface area contributed by atoms with E-state index in [1.165, 1.54) is 18.4 Å². The summed E-state index contributed by atoms with van der Waals surface area (Å²) in [6, 6.07) is 16.6. The van der Waals surface area contributed by atoms with Gasteiger partial charge in [-0.1, -0.05) is 45.5 Å². The Morgan fingerprint density at radius 2 is 1.92 bits per heavy atom. The molecular formula is C27H22BrN3O4S. The summed E-state index contributed by atoms with van der Waals surface area (Å²) in [5, 5.41) is 2.89. The molecule has 0 unspecified atom stereocenters. The zero-order valence-corrected chi connectivity index (χ0v) is 22.2. The van der Waals surface area contributed by atoms with Crippen LogP contribution in [0, 0.1) is 13.8 Å². The monoisotopic (exact) mass is 563 g/mol. The molecule has 0 spiro atoms. The van der Waals surface area contributed by atoms with Crippen molar-refractivity contribution in [2.45, 2.75) is 13.8 Å². The lowest BCUT2D eigenvalue weighted by atomic mass is 10.1. The molecule has 5 rings (SSSR count). The minimum atomic E-state index is -0.275. The first kappa shape index (κ1) is 24.0. The van der Waals surface area contributed by atoms with E-state index >= 15 is 0 Å². The average molecular weight is 564 g/mol. The summed E-state index contributed by atoms with van der Waals surface area (Å²) in [7, 11) is 1.53. The highest BCUT2D eigenvalue weighted by molar-refractivity contribution is 9.10. The lowest BCUT2D eigenvalue weighted by Gasteiger charge is -2.14. The van der Waals surface area contributed by atoms with Crippen LogP contribution in [0.5, 0.6) is 11.5 Å². The number of ether oxygens (including phenoxy) is 2. The van der Waals surface area contributed by atoms with E-state index in [0.29, 0.717) is 21.0 Å². The molecule has 0 fully saturated rings. The number of anilines is 1. The Labute approximate surface area is 219 Å². The highest BCUT2D eigenvalue weighted by atomic mass is 79.9. The predicted octanol–water partition coefficient (Wildman–Crippen LogP) is 4.86. The zero-order chi connectivity index (χ0) is 25.4. The maximum absolute atomic E-state index is 13.0. The molecule has 0 atom stereocenters. The normalized spacial score (nSPS) is 11.8. The van der Waals surface area contributed by atoms with Gasteiger partial charge in [-0.2, -0.15) is 0 Å². The molecule has 2 heterocycles. The first-order valence-electron chi connectivity index (χ1n) is 11.1. The number of nitrogens with one attached hydrogen (secondary N) is 1. The number of amides is 1. The number of benzene rings is 3. The summed E-state index contributed by atoms with van der Waals surface area (Å²) in [5.41, 5.74) is 5.04. The molecular weight excluding hydrogens is 542 g/mol. The van der Waals surface area contributed by atoms with Crippen LogP contribution in [0.25, 0.3) is 22.1 Å². The number of rotatable bonds is 6. The van der Waals surface area contributed by atoms with Crippen molar-refractivity contribution < 1.29 is 14.3 Å². The van der Waals surface area contributed by atoms with Gasteiger partial charge in [-0.15, -0.1) is 0 Å². The molecule has 0 saturated carbocycles. The lowest BCUT2D eigenvalue weighted by molar-refractivity contribution is -0.118. The maximum Gasteiger partial charge on any atom is 0.274 e. The topological polar surface area (TPSA) is 81.9 Å². The van der Waals surface area contributed by atoms with Crippen molar-refractivity contribution >= 4 is 60.9 Å². The van der Waals surface area contributed by atoms with Crippen molar-refractivity contribution in [2.75, 3.05) is 19.0 Å². The van der Waals surface area contributed by atoms with Crippen LogP contribution < -0.4 is 24.9 Å². The minimum absolute atomic E-state index is 0.113. The van der Waals surface area contributed by atoms with Gasteiger partial charge in [0.05, 0.1) is 22.7 Å². The number of thiazole rings is 1. The maximum atomic E-state index is 13.0. The minimum Gasteiger partial charge on any atom is -0.493 e. The third-order valence-electron chi connectivity index (χ3n) is 5.98. The number of aromatic nitrogens is 2. The highest BCUT2D eigenvalue weighted by Gasteiger charge is 2.13. The van der Waals surface area contributed by atoms with Crippen LogP contribution in [0.4, 0.5) is 5.69 Å². The highest BCUT2D eigenvalue weighted by Crippen LogP contribution is 2.29. The van der Waals surface area contributed by atoms with Crippen molar-refractivity contribution in [3.63, 3.8) is 0 Å². The summed E-state index contributed by atoms with van der Waals surface area (Å²) in [4.78, 5) is 30.7. The van der Waals surface area contributed by atoms with E-state index in [4.69, 9.17) is 9.47 Å². The van der Waals surface area contributed by atoms with Crippen molar-refractivity contribution in [1.29, 1.82) is 0 Å². The first-order chi connectivity index (χ1) is 17.4. The van der Waals surface area contributed by atoms with Gasteiger partial charge < -0.3 is 14.8 Å². The molecule has 0 bridgehead atoms. The van der Waals surface area contributed by atoms with Crippen molar-refractivity contribution in [1.82, 2.24) is 9.38 Å². The molecule has 0 aliphatic rings. The van der Waals surface area contributed by atoms with Gasteiger partial charge in [0.2, 0.25) is 0 Å². The van der Waals surface area contributed by atoms with Crippen LogP contribution in [0.2, 0.25) is 0 Å². The standard InChI is InChI=1S/C27H22BrN3O4S/c1-15-16(2)19(10-9-18(15)28)29-25(32)14-35-22-11-8-17(12-23(22)34-3)13-24-26(33)31-21-7-5-4-6-20(21)30-27(31)36-24/h4-13H,14H2,1-3H3,(H,29,32). The number of hydrogen-bond donors (Lipinski definition) is 1. The Morgan fingerprint density at radius 1 is 1.11 bits per heavy atom. The molecule has 2 aromatic heterocycles. The van der Waals surface area contributed by atoms with Gasteiger partial charge in [-0.25, -0.2) is 9.38 Å². The van der Waals surface area contributed by atoms with E-state index in [2.05, 4.69) is 26.2 Å². The van der Waals surface area contributed by atoms with Gasteiger partial charge in [0.25, 0.3) is 11.5 Å². The SMILES string of the molecule is COc1cc(C=c2sc3nc4ccccc4n3c2=O)ccc1OCC(=O)Nc1ccc(Br)c(C)c1C. The summed E-state index contributed by atoms with van der Waals surface area (Å²) < 4.78 is 14.4. The Morgan fingerprint density at radius 3 is 2.72 bits per heavy atom. The summed E-state index contributed by atoms with van der Waals surface area (Å²) in [6.45, 7) is 3.77. The number of halogens is 1. The fourth-order valence-electron chi connectivity index (χ4n) is 3.91. The smallest absolute Gasteiger partial charge is 0.274 e. The summed E-state index contributed by atoms with van der Waals surface area (Å²) in [5.74, 6) is 0.622. The van der Waals surface area contributed by atoms with E-state index in [1.807, 2.05) is 56.3 Å². The number of imidazole rings is 1. The van der Waals surface area contributed by atoms with Crippen LogP contribution >= 0.6 is 27.3 Å². The van der Waals surface area contributed by atoms with Gasteiger partial charge in [0.15, 0.2) is 23.1 Å². The molecule has 0 aliphatic heterocycles. The molecule has 9 heteroatoms. The van der Waals surface area contributed by atoms with Gasteiger partial charge in [0, 0.05) is 10.2 Å². The van der Waals surface area contributed by atoms with Gasteiger partial charge in [-0.05, 0) is 73.0 Å². The molecule has 0 saturated heterocycles. The van der Waals surface area contributed by atoms with Crippen molar-refractivity contribution in [3.8, 4) is 11.5 Å². The Balaban J connectivity index is 1.35. The van der Waals surface area contributed by atoms with Crippen LogP contribution in [0.3, 0.4) is 0 Å². The predicted molar refractivity (Wildman–Crippen MR) is 146 cm³/mol. The number of carbonyl (C=O) groups excluding carboxylic acids is 1. The average Bonchev–Trinajstić information content (AvgIpc) is 3.39. The lowest BCUT2D eigenvalue weighted by Crippen LogP contribution is -2.22. The van der Waals surface area contributed by atoms with Gasteiger partial charge in [-0.3, -0.25) is 9.59 Å². The van der Waals surface area contributed by atoms with Crippen LogP contribution in [-0.2, 0) is 4.79 Å². The summed E-state index contributed by atoms with van der Waals surface area (Å²) >= 11 is 4.83. The van der Waals surface area contributed by atoms with E-state index in [0.717, 1.165) is 37.9 Å². The Bertz CT molecular complexity index is 1740. The fraction of sp³-hybridized carbons (Fsp3) is 0.148. The Kier molecular flexibility index (Phi) is 6.51. The molecule has 1 N–H and O–H groups in total. The van der Waals surface area contributed by atoms with E-state index in [1.54, 1.807) is 22.6 Å². The number of para-hydroxylation sites is 2. The molecule has 5 aromatic rings. The largest absolute Gasteiger partial charge is 0.493 e. The van der Waals surface area contributed by atoms with Crippen molar-refractivity contribution in [2.24, 2.45) is 0 Å². The number of carbonyl (C=O) groups is 1. The second-order valence-corrected chi connectivity index (χ2v) is 10.1. The number of fused-ring (bicyclic) bond motifs is 3. The number of nitrogens with zero attached hydrogens (tertiary/aromatic N) is 2. The number of methoxy groups -OCH3 is 1. The van der Waals surface area contributed by atoms with Crippen LogP contribution in [-0.4, -0.2) is 29.0 Å². The first-order valence-corrected chi connectivity index (χ1v) is 12.7. The van der Waals surface area contributed by atoms with E-state index < -0.39 is 0 Å². The van der Waals surface area contributed by atoms with E-state index in [9.17, 15) is 9.59 Å². The van der Waals surface area contributed by atoms with Gasteiger partial charge in [0.1, 0.15) is 0 Å². The molecule has 182 valence electrons. The van der Waals surface area contributed by atoms with E-state index in [-0.39, 0.29) is 18.1 Å². The second kappa shape index (κ2) is 9.75. The third-order valence-corrected chi connectivity index (χ3v) is 7.81. The molecule has 1 amide bonds. The summed E-state index contributed by atoms with van der Waals surface area (Å²) in [6.07, 6.45) is 1.80. The van der Waals surface area contributed by atoms with Crippen LogP contribution in [0.1, 0.15) is 16.7 Å². The second-order valence-electron chi connectivity index (χ2n) is 8.23. The molecule has 36 heavy (non-hydrogen) atoms. The third kappa shape index (κ3) is 4.47. The van der Waals surface area contributed by atoms with Gasteiger partial charge >= 0.3 is 0 Å². The molecule has 0 aliphatic carbocycles. The molecule has 7 nitrogen and oxygen atoms in total. The quantitative estimate of drug-likeness (QED) is 0.319. The molecule has 0 radical (unpaired) electrons. The van der Waals surface area contributed by atoms with Crippen molar-refractivity contribution in [3.05, 3.63) is 90.6 Å².